The summed E-state index contributed by atoms with van der Waals surface area (Å²) in [5.74, 6) is 1.56. The molecule has 2 aromatic carbocycles. The predicted octanol–water partition coefficient (Wildman–Crippen LogP) is 4.27. The van der Waals surface area contributed by atoms with Gasteiger partial charge in [-0.1, -0.05) is 37.3 Å². The lowest BCUT2D eigenvalue weighted by atomic mass is 10.1. The molecule has 1 heterocycles. The fraction of sp³-hybridized carbons (Fsp3) is 0.304. The van der Waals surface area contributed by atoms with Crippen molar-refractivity contribution in [1.82, 2.24) is 14.9 Å². The first kappa shape index (κ1) is 19.7. The Morgan fingerprint density at radius 3 is 2.64 bits per heavy atom. The van der Waals surface area contributed by atoms with E-state index in [0.29, 0.717) is 13.0 Å². The van der Waals surface area contributed by atoms with Gasteiger partial charge in [0.1, 0.15) is 11.6 Å². The van der Waals surface area contributed by atoms with Crippen LogP contribution >= 0.6 is 0 Å². The van der Waals surface area contributed by atoms with Crippen LogP contribution in [0.5, 0.6) is 5.75 Å². The Balaban J connectivity index is 1.71. The standard InChI is InChI=1S/C23H27N3O2/c1-5-21(28-22-12-8-9-16(2)17(22)3)23(27)25-15-19-10-6-7-11-20(19)26-14-13-24-18(26)4/h6-14,21H,5,15H2,1-4H3,(H,25,27)/t21-/m1/s1. The van der Waals surface area contributed by atoms with Gasteiger partial charge in [0.15, 0.2) is 6.10 Å². The molecule has 0 aliphatic rings. The normalized spacial score (nSPS) is 11.9. The molecule has 1 aromatic heterocycles. The van der Waals surface area contributed by atoms with Crippen molar-refractivity contribution in [2.24, 2.45) is 0 Å². The Morgan fingerprint density at radius 1 is 1.14 bits per heavy atom. The number of amides is 1. The highest BCUT2D eigenvalue weighted by Gasteiger charge is 2.19. The first-order chi connectivity index (χ1) is 13.5. The summed E-state index contributed by atoms with van der Waals surface area (Å²) in [5.41, 5.74) is 4.26. The number of nitrogens with one attached hydrogen (secondary N) is 1. The Labute approximate surface area is 166 Å². The quantitative estimate of drug-likeness (QED) is 0.669. The maximum absolute atomic E-state index is 12.8. The van der Waals surface area contributed by atoms with Gasteiger partial charge in [-0.3, -0.25) is 4.79 Å². The number of carbonyl (C=O) groups excluding carboxylic acids is 1. The van der Waals surface area contributed by atoms with Crippen molar-refractivity contribution in [2.45, 2.75) is 46.8 Å². The summed E-state index contributed by atoms with van der Waals surface area (Å²) in [7, 11) is 0. The molecule has 5 heteroatoms. The topological polar surface area (TPSA) is 56.1 Å². The van der Waals surface area contributed by atoms with Gasteiger partial charge in [-0.2, -0.15) is 0 Å². The smallest absolute Gasteiger partial charge is 0.261 e. The molecule has 3 aromatic rings. The van der Waals surface area contributed by atoms with Gasteiger partial charge in [0.25, 0.3) is 5.91 Å². The fourth-order valence-electron chi connectivity index (χ4n) is 3.15. The summed E-state index contributed by atoms with van der Waals surface area (Å²) >= 11 is 0. The van der Waals surface area contributed by atoms with Crippen molar-refractivity contribution < 1.29 is 9.53 Å². The Bertz CT molecular complexity index is 962. The summed E-state index contributed by atoms with van der Waals surface area (Å²) in [6.07, 6.45) is 3.77. The van der Waals surface area contributed by atoms with Gasteiger partial charge in [0, 0.05) is 18.9 Å². The van der Waals surface area contributed by atoms with E-state index in [-0.39, 0.29) is 5.91 Å². The van der Waals surface area contributed by atoms with Gasteiger partial charge in [-0.25, -0.2) is 4.98 Å². The molecule has 1 atom stereocenters. The average Bonchev–Trinajstić information content (AvgIpc) is 3.13. The minimum atomic E-state index is -0.525. The van der Waals surface area contributed by atoms with Gasteiger partial charge >= 0.3 is 0 Å². The monoisotopic (exact) mass is 377 g/mol. The van der Waals surface area contributed by atoms with Gasteiger partial charge in [-0.05, 0) is 56.0 Å². The lowest BCUT2D eigenvalue weighted by Crippen LogP contribution is -2.38. The number of hydrogen-bond acceptors (Lipinski definition) is 3. The van der Waals surface area contributed by atoms with Crippen molar-refractivity contribution in [2.75, 3.05) is 0 Å². The summed E-state index contributed by atoms with van der Waals surface area (Å²) in [6, 6.07) is 13.9. The number of para-hydroxylation sites is 1. The highest BCUT2D eigenvalue weighted by Crippen LogP contribution is 2.22. The zero-order valence-corrected chi connectivity index (χ0v) is 16.9. The minimum Gasteiger partial charge on any atom is -0.480 e. The highest BCUT2D eigenvalue weighted by molar-refractivity contribution is 5.81. The minimum absolute atomic E-state index is 0.111. The second kappa shape index (κ2) is 8.74. The second-order valence-corrected chi connectivity index (χ2v) is 6.90. The van der Waals surface area contributed by atoms with E-state index in [1.807, 2.05) is 80.9 Å². The van der Waals surface area contributed by atoms with Gasteiger partial charge in [-0.15, -0.1) is 0 Å². The molecule has 0 fully saturated rings. The number of aromatic nitrogens is 2. The van der Waals surface area contributed by atoms with Crippen LogP contribution in [0.2, 0.25) is 0 Å². The molecule has 1 N–H and O–H groups in total. The largest absolute Gasteiger partial charge is 0.480 e. The molecule has 28 heavy (non-hydrogen) atoms. The van der Waals surface area contributed by atoms with Gasteiger partial charge < -0.3 is 14.6 Å². The molecular weight excluding hydrogens is 350 g/mol. The molecule has 1 amide bonds. The molecule has 0 aliphatic heterocycles. The maximum Gasteiger partial charge on any atom is 0.261 e. The fourth-order valence-corrected chi connectivity index (χ4v) is 3.15. The van der Waals surface area contributed by atoms with Crippen LogP contribution in [0.4, 0.5) is 0 Å². The number of rotatable bonds is 7. The Morgan fingerprint density at radius 2 is 1.93 bits per heavy atom. The van der Waals surface area contributed by atoms with Crippen molar-refractivity contribution in [1.29, 1.82) is 0 Å². The van der Waals surface area contributed by atoms with E-state index < -0.39 is 6.10 Å². The van der Waals surface area contributed by atoms with E-state index in [0.717, 1.165) is 34.0 Å². The number of aryl methyl sites for hydroxylation is 2. The maximum atomic E-state index is 12.8. The molecule has 5 nitrogen and oxygen atoms in total. The van der Waals surface area contributed by atoms with Crippen molar-refractivity contribution in [3.8, 4) is 11.4 Å². The van der Waals surface area contributed by atoms with E-state index in [1.165, 1.54) is 0 Å². The van der Waals surface area contributed by atoms with E-state index in [9.17, 15) is 4.79 Å². The Kier molecular flexibility index (Phi) is 6.14. The predicted molar refractivity (Wildman–Crippen MR) is 111 cm³/mol. The number of nitrogens with zero attached hydrogens (tertiary/aromatic N) is 2. The Hall–Kier alpha value is -3.08. The third-order valence-corrected chi connectivity index (χ3v) is 5.02. The lowest BCUT2D eigenvalue weighted by Gasteiger charge is -2.20. The molecular formula is C23H27N3O2. The van der Waals surface area contributed by atoms with Crippen LogP contribution in [-0.2, 0) is 11.3 Å². The SMILES string of the molecule is CC[C@@H](Oc1cccc(C)c1C)C(=O)NCc1ccccc1-n1ccnc1C. The van der Waals surface area contributed by atoms with Crippen LogP contribution in [0.15, 0.2) is 54.9 Å². The summed E-state index contributed by atoms with van der Waals surface area (Å²) < 4.78 is 8.04. The highest BCUT2D eigenvalue weighted by atomic mass is 16.5. The molecule has 3 rings (SSSR count). The molecule has 0 spiro atoms. The molecule has 146 valence electrons. The zero-order valence-electron chi connectivity index (χ0n) is 16.9. The van der Waals surface area contributed by atoms with E-state index in [4.69, 9.17) is 4.74 Å². The van der Waals surface area contributed by atoms with Crippen molar-refractivity contribution in [3.05, 3.63) is 77.4 Å². The summed E-state index contributed by atoms with van der Waals surface area (Å²) in [5, 5.41) is 3.03. The molecule has 0 bridgehead atoms. The number of ether oxygens (including phenoxy) is 1. The molecule has 0 saturated heterocycles. The first-order valence-corrected chi connectivity index (χ1v) is 9.60. The molecule has 0 saturated carbocycles. The van der Waals surface area contributed by atoms with Crippen LogP contribution in [0.25, 0.3) is 5.69 Å². The van der Waals surface area contributed by atoms with Crippen LogP contribution in [0.1, 0.15) is 35.9 Å². The van der Waals surface area contributed by atoms with Crippen LogP contribution < -0.4 is 10.1 Å². The summed E-state index contributed by atoms with van der Waals surface area (Å²) in [4.78, 5) is 17.0. The lowest BCUT2D eigenvalue weighted by molar-refractivity contribution is -0.128. The number of imidazole rings is 1. The molecule has 0 unspecified atom stereocenters. The third kappa shape index (κ3) is 4.25. The number of benzene rings is 2. The van der Waals surface area contributed by atoms with Crippen LogP contribution in [0, 0.1) is 20.8 Å². The zero-order chi connectivity index (χ0) is 20.1. The third-order valence-electron chi connectivity index (χ3n) is 5.02. The van der Waals surface area contributed by atoms with E-state index >= 15 is 0 Å². The second-order valence-electron chi connectivity index (χ2n) is 6.90. The first-order valence-electron chi connectivity index (χ1n) is 9.60. The number of hydrogen-bond donors (Lipinski definition) is 1. The van der Waals surface area contributed by atoms with Crippen LogP contribution in [0.3, 0.4) is 0 Å². The summed E-state index contributed by atoms with van der Waals surface area (Å²) in [6.45, 7) is 8.40. The van der Waals surface area contributed by atoms with Gasteiger partial charge in [0.2, 0.25) is 0 Å². The van der Waals surface area contributed by atoms with E-state index in [2.05, 4.69) is 10.3 Å². The van der Waals surface area contributed by atoms with Crippen LogP contribution in [-0.4, -0.2) is 21.6 Å². The van der Waals surface area contributed by atoms with Gasteiger partial charge in [0.05, 0.1) is 5.69 Å². The van der Waals surface area contributed by atoms with Crippen molar-refractivity contribution in [3.63, 3.8) is 0 Å². The van der Waals surface area contributed by atoms with Crippen molar-refractivity contribution >= 4 is 5.91 Å². The number of carbonyl (C=O) groups is 1. The molecule has 0 radical (unpaired) electrons. The van der Waals surface area contributed by atoms with E-state index in [1.54, 1.807) is 6.20 Å². The molecule has 0 aliphatic carbocycles. The average molecular weight is 377 g/mol.